The van der Waals surface area contributed by atoms with Crippen molar-refractivity contribution >= 4 is 0 Å². The molecule has 2 aliphatic rings. The van der Waals surface area contributed by atoms with Gasteiger partial charge in [0.25, 0.3) is 0 Å². The van der Waals surface area contributed by atoms with Gasteiger partial charge in [-0.1, -0.05) is 20.8 Å². The molecular formula is C17H34N2O. The number of rotatable bonds is 5. The molecule has 2 fully saturated rings. The maximum absolute atomic E-state index is 6.43. The zero-order valence-electron chi connectivity index (χ0n) is 13.7. The predicted molar refractivity (Wildman–Crippen MR) is 84.7 cm³/mol. The van der Waals surface area contributed by atoms with E-state index >= 15 is 0 Å². The highest BCUT2D eigenvalue weighted by atomic mass is 16.5. The van der Waals surface area contributed by atoms with E-state index in [1.165, 1.54) is 38.8 Å². The Balaban J connectivity index is 1.82. The van der Waals surface area contributed by atoms with E-state index in [0.29, 0.717) is 18.1 Å². The molecule has 3 heteroatoms. The molecule has 118 valence electrons. The number of nitrogens with two attached hydrogens (primary N) is 1. The summed E-state index contributed by atoms with van der Waals surface area (Å²) >= 11 is 0. The van der Waals surface area contributed by atoms with Crippen LogP contribution in [0, 0.1) is 17.8 Å². The normalized spacial score (nSPS) is 39.9. The molecule has 2 N–H and O–H groups in total. The molecule has 5 atom stereocenters. The first-order chi connectivity index (χ1) is 9.60. The third-order valence-electron chi connectivity index (χ3n) is 5.22. The molecule has 0 spiro atoms. The van der Waals surface area contributed by atoms with E-state index in [0.717, 1.165) is 31.4 Å². The second-order valence-corrected chi connectivity index (χ2v) is 7.28. The molecule has 3 nitrogen and oxygen atoms in total. The van der Waals surface area contributed by atoms with Gasteiger partial charge in [0.05, 0.1) is 6.10 Å². The summed E-state index contributed by atoms with van der Waals surface area (Å²) in [7, 11) is 0. The van der Waals surface area contributed by atoms with Crippen LogP contribution in [0.1, 0.15) is 52.9 Å². The standard InChI is InChI=1S/C17H34N2O/c1-4-8-20-15-6-5-7-19(11-15)12-16-14(3)9-13(2)10-17(16)18/h13-17H,4-12,18H2,1-3H3. The van der Waals surface area contributed by atoms with Crippen LogP contribution in [0.25, 0.3) is 0 Å². The number of ether oxygens (including phenoxy) is 1. The molecule has 0 aromatic carbocycles. The van der Waals surface area contributed by atoms with Crippen molar-refractivity contribution in [3.63, 3.8) is 0 Å². The van der Waals surface area contributed by atoms with Crippen molar-refractivity contribution in [3.05, 3.63) is 0 Å². The lowest BCUT2D eigenvalue weighted by molar-refractivity contribution is -0.0106. The minimum absolute atomic E-state index is 0.394. The Kier molecular flexibility index (Phi) is 6.31. The molecule has 1 aliphatic heterocycles. The second-order valence-electron chi connectivity index (χ2n) is 7.28. The van der Waals surface area contributed by atoms with Gasteiger partial charge in [-0.25, -0.2) is 0 Å². The Hall–Kier alpha value is -0.120. The van der Waals surface area contributed by atoms with Crippen LogP contribution in [-0.4, -0.2) is 43.3 Å². The van der Waals surface area contributed by atoms with E-state index in [4.69, 9.17) is 10.5 Å². The Morgan fingerprint density at radius 3 is 2.75 bits per heavy atom. The van der Waals surface area contributed by atoms with Gasteiger partial charge in [0, 0.05) is 25.7 Å². The Labute approximate surface area is 125 Å². The number of hydrogen-bond acceptors (Lipinski definition) is 3. The van der Waals surface area contributed by atoms with Crippen LogP contribution in [-0.2, 0) is 4.74 Å². The first-order valence-corrected chi connectivity index (χ1v) is 8.69. The van der Waals surface area contributed by atoms with Crippen LogP contribution in [0.3, 0.4) is 0 Å². The van der Waals surface area contributed by atoms with Gasteiger partial charge in [-0.05, 0) is 56.4 Å². The fraction of sp³-hybridized carbons (Fsp3) is 1.00. The zero-order valence-corrected chi connectivity index (χ0v) is 13.7. The van der Waals surface area contributed by atoms with Gasteiger partial charge in [0.15, 0.2) is 0 Å². The summed E-state index contributed by atoms with van der Waals surface area (Å²) in [6.07, 6.45) is 6.65. The summed E-state index contributed by atoms with van der Waals surface area (Å²) in [6.45, 7) is 11.4. The zero-order chi connectivity index (χ0) is 14.5. The van der Waals surface area contributed by atoms with Gasteiger partial charge in [-0.3, -0.25) is 0 Å². The lowest BCUT2D eigenvalue weighted by Crippen LogP contribution is -2.49. The summed E-state index contributed by atoms with van der Waals surface area (Å²) < 4.78 is 5.95. The number of nitrogens with zero attached hydrogens (tertiary/aromatic N) is 1. The van der Waals surface area contributed by atoms with Crippen LogP contribution in [0.4, 0.5) is 0 Å². The molecule has 0 aromatic rings. The van der Waals surface area contributed by atoms with Crippen LogP contribution in [0.5, 0.6) is 0 Å². The van der Waals surface area contributed by atoms with E-state index in [1.807, 2.05) is 0 Å². The van der Waals surface area contributed by atoms with Gasteiger partial charge in [-0.15, -0.1) is 0 Å². The fourth-order valence-corrected chi connectivity index (χ4v) is 4.18. The lowest BCUT2D eigenvalue weighted by Gasteiger charge is -2.42. The van der Waals surface area contributed by atoms with Crippen molar-refractivity contribution in [2.24, 2.45) is 23.5 Å². The summed E-state index contributed by atoms with van der Waals surface area (Å²) in [5, 5.41) is 0. The van der Waals surface area contributed by atoms with E-state index in [2.05, 4.69) is 25.7 Å². The summed E-state index contributed by atoms with van der Waals surface area (Å²) in [5.41, 5.74) is 6.43. The van der Waals surface area contributed by atoms with Crippen molar-refractivity contribution in [1.82, 2.24) is 4.90 Å². The fourth-order valence-electron chi connectivity index (χ4n) is 4.18. The summed E-state index contributed by atoms with van der Waals surface area (Å²) in [4.78, 5) is 2.61. The van der Waals surface area contributed by atoms with Crippen LogP contribution in [0.15, 0.2) is 0 Å². The predicted octanol–water partition coefficient (Wildman–Crippen LogP) is 2.89. The van der Waals surface area contributed by atoms with Gasteiger partial charge in [0.2, 0.25) is 0 Å². The summed E-state index contributed by atoms with van der Waals surface area (Å²) in [5.74, 6) is 2.25. The molecule has 2 rings (SSSR count). The van der Waals surface area contributed by atoms with Gasteiger partial charge in [0.1, 0.15) is 0 Å². The maximum Gasteiger partial charge on any atom is 0.0702 e. The maximum atomic E-state index is 6.43. The first kappa shape index (κ1) is 16.3. The second kappa shape index (κ2) is 7.77. The van der Waals surface area contributed by atoms with Crippen molar-refractivity contribution in [3.8, 4) is 0 Å². The highest BCUT2D eigenvalue weighted by Gasteiger charge is 2.33. The Bertz CT molecular complexity index is 272. The quantitative estimate of drug-likeness (QED) is 0.842. The third-order valence-corrected chi connectivity index (χ3v) is 5.22. The minimum Gasteiger partial charge on any atom is -0.377 e. The Morgan fingerprint density at radius 2 is 2.05 bits per heavy atom. The summed E-state index contributed by atoms with van der Waals surface area (Å²) in [6, 6.07) is 0.394. The van der Waals surface area contributed by atoms with Gasteiger partial charge in [-0.2, -0.15) is 0 Å². The topological polar surface area (TPSA) is 38.5 Å². The van der Waals surface area contributed by atoms with Crippen molar-refractivity contribution in [2.45, 2.75) is 65.0 Å². The average Bonchev–Trinajstić information content (AvgIpc) is 2.41. The van der Waals surface area contributed by atoms with Crippen LogP contribution >= 0.6 is 0 Å². The first-order valence-electron chi connectivity index (χ1n) is 8.69. The monoisotopic (exact) mass is 282 g/mol. The molecule has 0 amide bonds. The molecule has 0 bridgehead atoms. The average molecular weight is 282 g/mol. The highest BCUT2D eigenvalue weighted by molar-refractivity contribution is 4.88. The SMILES string of the molecule is CCCOC1CCCN(CC2C(C)CC(C)CC2N)C1. The third kappa shape index (κ3) is 4.44. The minimum atomic E-state index is 0.394. The molecule has 1 saturated carbocycles. The smallest absolute Gasteiger partial charge is 0.0702 e. The van der Waals surface area contributed by atoms with E-state index in [9.17, 15) is 0 Å². The molecule has 5 unspecified atom stereocenters. The van der Waals surface area contributed by atoms with Crippen molar-refractivity contribution in [1.29, 1.82) is 0 Å². The van der Waals surface area contributed by atoms with Crippen molar-refractivity contribution < 1.29 is 4.74 Å². The van der Waals surface area contributed by atoms with Gasteiger partial charge >= 0.3 is 0 Å². The number of likely N-dealkylation sites (tertiary alicyclic amines) is 1. The lowest BCUT2D eigenvalue weighted by atomic mass is 9.72. The van der Waals surface area contributed by atoms with Crippen LogP contribution < -0.4 is 5.73 Å². The van der Waals surface area contributed by atoms with Crippen molar-refractivity contribution in [2.75, 3.05) is 26.2 Å². The largest absolute Gasteiger partial charge is 0.377 e. The molecule has 1 aliphatic carbocycles. The highest BCUT2D eigenvalue weighted by Crippen LogP contribution is 2.33. The molecule has 1 heterocycles. The molecule has 20 heavy (non-hydrogen) atoms. The van der Waals surface area contributed by atoms with Crippen LogP contribution in [0.2, 0.25) is 0 Å². The van der Waals surface area contributed by atoms with E-state index in [1.54, 1.807) is 0 Å². The molecular weight excluding hydrogens is 248 g/mol. The van der Waals surface area contributed by atoms with E-state index in [-0.39, 0.29) is 0 Å². The molecule has 1 saturated heterocycles. The number of hydrogen-bond donors (Lipinski definition) is 1. The van der Waals surface area contributed by atoms with Gasteiger partial charge < -0.3 is 15.4 Å². The molecule has 0 aromatic heterocycles. The van der Waals surface area contributed by atoms with E-state index < -0.39 is 0 Å². The Morgan fingerprint density at radius 1 is 1.25 bits per heavy atom. The number of piperidine rings is 1. The molecule has 0 radical (unpaired) electrons.